The van der Waals surface area contributed by atoms with Crippen LogP contribution in [0, 0.1) is 12.7 Å². The van der Waals surface area contributed by atoms with Gasteiger partial charge in [-0.05, 0) is 25.1 Å². The van der Waals surface area contributed by atoms with E-state index in [2.05, 4.69) is 10.5 Å². The smallest absolute Gasteiger partial charge is 0.294 e. The van der Waals surface area contributed by atoms with E-state index >= 15 is 0 Å². The van der Waals surface area contributed by atoms with E-state index in [0.29, 0.717) is 11.4 Å². The van der Waals surface area contributed by atoms with Crippen molar-refractivity contribution in [3.05, 3.63) is 46.6 Å². The van der Waals surface area contributed by atoms with Crippen LogP contribution in [-0.4, -0.2) is 11.1 Å². The van der Waals surface area contributed by atoms with Crippen LogP contribution >= 0.6 is 11.6 Å². The number of amides is 1. The molecule has 0 fully saturated rings. The van der Waals surface area contributed by atoms with Gasteiger partial charge in [0.2, 0.25) is 5.76 Å². The molecule has 1 N–H and O–H groups in total. The van der Waals surface area contributed by atoms with Crippen molar-refractivity contribution < 1.29 is 13.7 Å². The minimum atomic E-state index is -0.599. The summed E-state index contributed by atoms with van der Waals surface area (Å²) in [4.78, 5) is 11.6. The van der Waals surface area contributed by atoms with Crippen LogP contribution in [0.5, 0.6) is 0 Å². The number of anilines is 1. The maximum absolute atomic E-state index is 13.1. The fourth-order valence-electron chi connectivity index (χ4n) is 1.24. The Hall–Kier alpha value is -1.88. The second kappa shape index (κ2) is 4.55. The predicted octanol–water partition coefficient (Wildman–Crippen LogP) is 3.03. The number of aromatic nitrogens is 1. The largest absolute Gasteiger partial charge is 0.351 e. The summed E-state index contributed by atoms with van der Waals surface area (Å²) in [5.41, 5.74) is 0.892. The number of rotatable bonds is 2. The second-order valence-corrected chi connectivity index (χ2v) is 3.82. The Bertz CT molecular complexity index is 568. The summed E-state index contributed by atoms with van der Waals surface area (Å²) in [7, 11) is 0. The number of nitrogens with one attached hydrogen (secondary N) is 1. The van der Waals surface area contributed by atoms with Gasteiger partial charge in [0.1, 0.15) is 5.82 Å². The molecular formula is C11H8ClFN2O2. The Morgan fingerprint density at radius 3 is 2.82 bits per heavy atom. The molecule has 0 radical (unpaired) electrons. The summed E-state index contributed by atoms with van der Waals surface area (Å²) >= 11 is 5.52. The second-order valence-electron chi connectivity index (χ2n) is 3.42. The molecule has 0 spiro atoms. The van der Waals surface area contributed by atoms with Gasteiger partial charge in [-0.25, -0.2) is 4.39 Å². The molecular weight excluding hydrogens is 247 g/mol. The number of hydrogen-bond acceptors (Lipinski definition) is 3. The molecule has 0 bridgehead atoms. The van der Waals surface area contributed by atoms with Crippen molar-refractivity contribution in [1.29, 1.82) is 0 Å². The van der Waals surface area contributed by atoms with E-state index in [1.807, 2.05) is 0 Å². The van der Waals surface area contributed by atoms with Crippen LogP contribution in [0.25, 0.3) is 0 Å². The lowest BCUT2D eigenvalue weighted by molar-refractivity contribution is 0.0988. The van der Waals surface area contributed by atoms with Gasteiger partial charge in [-0.3, -0.25) is 4.79 Å². The Balaban J connectivity index is 2.15. The first-order valence-corrected chi connectivity index (χ1v) is 5.14. The molecule has 0 saturated heterocycles. The maximum Gasteiger partial charge on any atom is 0.294 e. The van der Waals surface area contributed by atoms with E-state index in [9.17, 15) is 9.18 Å². The number of hydrogen-bond donors (Lipinski definition) is 1. The van der Waals surface area contributed by atoms with Crippen molar-refractivity contribution >= 4 is 23.2 Å². The van der Waals surface area contributed by atoms with Crippen LogP contribution in [0.15, 0.2) is 28.8 Å². The SMILES string of the molecule is Cc1cc(C(=O)Nc2ccc(Cl)c(F)c2)on1. The highest BCUT2D eigenvalue weighted by atomic mass is 35.5. The first kappa shape index (κ1) is 11.6. The topological polar surface area (TPSA) is 55.1 Å². The predicted molar refractivity (Wildman–Crippen MR) is 60.6 cm³/mol. The van der Waals surface area contributed by atoms with Crippen molar-refractivity contribution in [2.45, 2.75) is 6.92 Å². The standard InChI is InChI=1S/C11H8ClFN2O2/c1-6-4-10(17-15-6)11(16)14-7-2-3-8(12)9(13)5-7/h2-5H,1H3,(H,14,16). The van der Waals surface area contributed by atoms with Crippen molar-refractivity contribution in [3.8, 4) is 0 Å². The molecule has 1 aromatic heterocycles. The van der Waals surface area contributed by atoms with E-state index in [1.54, 1.807) is 6.92 Å². The van der Waals surface area contributed by atoms with Gasteiger partial charge < -0.3 is 9.84 Å². The lowest BCUT2D eigenvalue weighted by atomic mass is 10.3. The van der Waals surface area contributed by atoms with Gasteiger partial charge in [0.05, 0.1) is 10.7 Å². The monoisotopic (exact) mass is 254 g/mol. The summed E-state index contributed by atoms with van der Waals surface area (Å²) in [6.07, 6.45) is 0. The maximum atomic E-state index is 13.1. The third-order valence-electron chi connectivity index (χ3n) is 2.03. The zero-order valence-corrected chi connectivity index (χ0v) is 9.58. The fourth-order valence-corrected chi connectivity index (χ4v) is 1.35. The van der Waals surface area contributed by atoms with E-state index in [-0.39, 0.29) is 10.8 Å². The van der Waals surface area contributed by atoms with Crippen LogP contribution in [0.3, 0.4) is 0 Å². The lowest BCUT2D eigenvalue weighted by Crippen LogP contribution is -2.11. The number of nitrogens with zero attached hydrogens (tertiary/aromatic N) is 1. The van der Waals surface area contributed by atoms with Gasteiger partial charge >= 0.3 is 0 Å². The molecule has 0 aliphatic rings. The molecule has 0 saturated carbocycles. The number of aryl methyl sites for hydroxylation is 1. The molecule has 1 amide bonds. The summed E-state index contributed by atoms with van der Waals surface area (Å²) in [5, 5.41) is 6.05. The van der Waals surface area contributed by atoms with Crippen LogP contribution in [0.2, 0.25) is 5.02 Å². The van der Waals surface area contributed by atoms with Gasteiger partial charge in [-0.1, -0.05) is 16.8 Å². The van der Waals surface area contributed by atoms with Crippen LogP contribution < -0.4 is 5.32 Å². The molecule has 1 aromatic carbocycles. The molecule has 2 rings (SSSR count). The minimum Gasteiger partial charge on any atom is -0.351 e. The molecule has 4 nitrogen and oxygen atoms in total. The third-order valence-corrected chi connectivity index (χ3v) is 2.34. The number of benzene rings is 1. The zero-order valence-electron chi connectivity index (χ0n) is 8.83. The molecule has 17 heavy (non-hydrogen) atoms. The van der Waals surface area contributed by atoms with E-state index in [4.69, 9.17) is 16.1 Å². The van der Waals surface area contributed by atoms with Crippen LogP contribution in [0.4, 0.5) is 10.1 Å². The average Bonchev–Trinajstić information content (AvgIpc) is 2.70. The van der Waals surface area contributed by atoms with Gasteiger partial charge in [0, 0.05) is 11.8 Å². The van der Waals surface area contributed by atoms with Crippen LogP contribution in [0.1, 0.15) is 16.2 Å². The van der Waals surface area contributed by atoms with Crippen molar-refractivity contribution in [1.82, 2.24) is 5.16 Å². The highest BCUT2D eigenvalue weighted by molar-refractivity contribution is 6.30. The first-order valence-electron chi connectivity index (χ1n) is 4.76. The summed E-state index contributed by atoms with van der Waals surface area (Å²) in [5.74, 6) is -1.02. The Morgan fingerprint density at radius 2 is 2.24 bits per heavy atom. The minimum absolute atomic E-state index is 0.00138. The van der Waals surface area contributed by atoms with Gasteiger partial charge in [-0.2, -0.15) is 0 Å². The van der Waals surface area contributed by atoms with E-state index in [1.165, 1.54) is 18.2 Å². The summed E-state index contributed by atoms with van der Waals surface area (Å²) in [6, 6.07) is 5.47. The van der Waals surface area contributed by atoms with Gasteiger partial charge in [-0.15, -0.1) is 0 Å². The molecule has 0 aliphatic heterocycles. The zero-order chi connectivity index (χ0) is 12.4. The lowest BCUT2D eigenvalue weighted by Gasteiger charge is -2.03. The van der Waals surface area contributed by atoms with Gasteiger partial charge in [0.25, 0.3) is 5.91 Å². The van der Waals surface area contributed by atoms with Crippen molar-refractivity contribution in [3.63, 3.8) is 0 Å². The highest BCUT2D eigenvalue weighted by Gasteiger charge is 2.12. The molecule has 1 heterocycles. The normalized spacial score (nSPS) is 10.3. The summed E-state index contributed by atoms with van der Waals surface area (Å²) in [6.45, 7) is 1.70. The Labute approximate surface area is 101 Å². The number of carbonyl (C=O) groups excluding carboxylic acids is 1. The highest BCUT2D eigenvalue weighted by Crippen LogP contribution is 2.19. The van der Waals surface area contributed by atoms with Crippen molar-refractivity contribution in [2.75, 3.05) is 5.32 Å². The molecule has 6 heteroatoms. The third kappa shape index (κ3) is 2.62. The van der Waals surface area contributed by atoms with E-state index < -0.39 is 11.7 Å². The fraction of sp³-hybridized carbons (Fsp3) is 0.0909. The Kier molecular flexibility index (Phi) is 3.10. The van der Waals surface area contributed by atoms with E-state index in [0.717, 1.165) is 6.07 Å². The molecule has 0 atom stereocenters. The number of carbonyl (C=O) groups is 1. The average molecular weight is 255 g/mol. The molecule has 88 valence electrons. The summed E-state index contributed by atoms with van der Waals surface area (Å²) < 4.78 is 17.9. The van der Waals surface area contributed by atoms with Gasteiger partial charge in [0.15, 0.2) is 0 Å². The quantitative estimate of drug-likeness (QED) is 0.896. The molecule has 0 unspecified atom stereocenters. The Morgan fingerprint density at radius 1 is 1.47 bits per heavy atom. The molecule has 0 aliphatic carbocycles. The number of halogens is 2. The molecule has 2 aromatic rings. The van der Waals surface area contributed by atoms with Crippen LogP contribution in [-0.2, 0) is 0 Å². The van der Waals surface area contributed by atoms with Crippen molar-refractivity contribution in [2.24, 2.45) is 0 Å². The first-order chi connectivity index (χ1) is 8.06.